The maximum absolute atomic E-state index is 11.9. The number of carbonyl (C=O) groups excluding carboxylic acids is 2. The highest BCUT2D eigenvalue weighted by Crippen LogP contribution is 2.24. The molecule has 0 aliphatic carbocycles. The van der Waals surface area contributed by atoms with Crippen LogP contribution in [0.5, 0.6) is 5.75 Å². The van der Waals surface area contributed by atoms with Crippen LogP contribution in [0.15, 0.2) is 47.6 Å². The molecule has 2 amide bonds. The summed E-state index contributed by atoms with van der Waals surface area (Å²) in [5.74, 6) is -1.26. The number of nitrogens with one attached hydrogen (secondary N) is 2. The van der Waals surface area contributed by atoms with Gasteiger partial charge in [-0.1, -0.05) is 29.8 Å². The van der Waals surface area contributed by atoms with E-state index in [1.807, 2.05) is 13.0 Å². The number of anilines is 1. The molecule has 24 heavy (non-hydrogen) atoms. The lowest BCUT2D eigenvalue weighted by molar-refractivity contribution is -0.136. The van der Waals surface area contributed by atoms with Crippen LogP contribution in [0, 0.1) is 6.92 Å². The van der Waals surface area contributed by atoms with Gasteiger partial charge in [-0.3, -0.25) is 9.59 Å². The summed E-state index contributed by atoms with van der Waals surface area (Å²) in [6.07, 6.45) is 1.41. The van der Waals surface area contributed by atoms with Crippen LogP contribution in [-0.2, 0) is 9.59 Å². The van der Waals surface area contributed by atoms with Crippen LogP contribution >= 0.6 is 11.6 Å². The van der Waals surface area contributed by atoms with E-state index in [1.54, 1.807) is 36.4 Å². The van der Waals surface area contributed by atoms with Crippen molar-refractivity contribution < 1.29 is 14.3 Å². The SMILES string of the molecule is COc1ccc(C)cc1NC(=O)C(=O)N/N=C\c1ccc(Cl)cc1. The number of hydrogen-bond acceptors (Lipinski definition) is 4. The molecule has 0 saturated carbocycles. The molecule has 6 nitrogen and oxygen atoms in total. The summed E-state index contributed by atoms with van der Waals surface area (Å²) in [6, 6.07) is 12.1. The topological polar surface area (TPSA) is 79.8 Å². The van der Waals surface area contributed by atoms with E-state index < -0.39 is 11.8 Å². The highest BCUT2D eigenvalue weighted by atomic mass is 35.5. The van der Waals surface area contributed by atoms with Crippen LogP contribution in [0.4, 0.5) is 5.69 Å². The predicted molar refractivity (Wildman–Crippen MR) is 93.5 cm³/mol. The second-order valence-electron chi connectivity index (χ2n) is 4.91. The quantitative estimate of drug-likeness (QED) is 0.508. The Morgan fingerprint density at radius 3 is 2.50 bits per heavy atom. The third-order valence-electron chi connectivity index (χ3n) is 3.06. The Labute approximate surface area is 144 Å². The summed E-state index contributed by atoms with van der Waals surface area (Å²) >= 11 is 5.77. The number of nitrogens with zero attached hydrogens (tertiary/aromatic N) is 1. The first kappa shape index (κ1) is 17.5. The lowest BCUT2D eigenvalue weighted by atomic mass is 10.2. The second-order valence-corrected chi connectivity index (χ2v) is 5.34. The van der Waals surface area contributed by atoms with Gasteiger partial charge in [0.25, 0.3) is 0 Å². The van der Waals surface area contributed by atoms with E-state index in [2.05, 4.69) is 15.8 Å². The van der Waals surface area contributed by atoms with E-state index in [9.17, 15) is 9.59 Å². The van der Waals surface area contributed by atoms with Gasteiger partial charge in [0, 0.05) is 5.02 Å². The summed E-state index contributed by atoms with van der Waals surface area (Å²) in [5, 5.41) is 6.82. The highest BCUT2D eigenvalue weighted by Gasteiger charge is 2.15. The zero-order valence-electron chi connectivity index (χ0n) is 13.2. The van der Waals surface area contributed by atoms with Crippen LogP contribution < -0.4 is 15.5 Å². The van der Waals surface area contributed by atoms with Crippen molar-refractivity contribution in [3.05, 3.63) is 58.6 Å². The van der Waals surface area contributed by atoms with Gasteiger partial charge in [0.05, 0.1) is 19.0 Å². The number of methoxy groups -OCH3 is 1. The van der Waals surface area contributed by atoms with E-state index in [4.69, 9.17) is 16.3 Å². The molecule has 124 valence electrons. The minimum atomic E-state index is -0.885. The van der Waals surface area contributed by atoms with Crippen LogP contribution in [0.1, 0.15) is 11.1 Å². The van der Waals surface area contributed by atoms with Gasteiger partial charge in [-0.05, 0) is 42.3 Å². The first-order valence-corrected chi connectivity index (χ1v) is 7.42. The molecular weight excluding hydrogens is 330 g/mol. The van der Waals surface area contributed by atoms with Crippen molar-refractivity contribution >= 4 is 35.3 Å². The van der Waals surface area contributed by atoms with E-state index in [0.29, 0.717) is 16.5 Å². The number of hydrazone groups is 1. The van der Waals surface area contributed by atoms with Crippen LogP contribution in [0.3, 0.4) is 0 Å². The molecule has 0 atom stereocenters. The van der Waals surface area contributed by atoms with Crippen molar-refractivity contribution in [3.8, 4) is 5.75 Å². The normalized spacial score (nSPS) is 10.5. The molecule has 2 aromatic carbocycles. The molecule has 0 saturated heterocycles. The lowest BCUT2D eigenvalue weighted by Gasteiger charge is -2.10. The van der Waals surface area contributed by atoms with Gasteiger partial charge in [-0.25, -0.2) is 5.43 Å². The fraction of sp³-hybridized carbons (Fsp3) is 0.118. The van der Waals surface area contributed by atoms with Gasteiger partial charge in [0.15, 0.2) is 0 Å². The molecule has 2 rings (SSSR count). The summed E-state index contributed by atoms with van der Waals surface area (Å²) in [5.41, 5.74) is 4.24. The van der Waals surface area contributed by atoms with E-state index in [0.717, 1.165) is 11.1 Å². The average molecular weight is 346 g/mol. The fourth-order valence-corrected chi connectivity index (χ4v) is 1.99. The van der Waals surface area contributed by atoms with E-state index in [1.165, 1.54) is 13.3 Å². The third kappa shape index (κ3) is 4.82. The Balaban J connectivity index is 1.96. The van der Waals surface area contributed by atoms with Gasteiger partial charge in [-0.15, -0.1) is 0 Å². The molecule has 2 N–H and O–H groups in total. The van der Waals surface area contributed by atoms with Crippen molar-refractivity contribution in [2.75, 3.05) is 12.4 Å². The number of carbonyl (C=O) groups is 2. The first-order valence-electron chi connectivity index (χ1n) is 7.04. The van der Waals surface area contributed by atoms with E-state index >= 15 is 0 Å². The molecule has 0 aliphatic rings. The number of aryl methyl sites for hydroxylation is 1. The molecule has 2 aromatic rings. The van der Waals surface area contributed by atoms with Crippen molar-refractivity contribution in [2.24, 2.45) is 5.10 Å². The number of halogens is 1. The molecule has 0 radical (unpaired) electrons. The molecule has 0 fully saturated rings. The summed E-state index contributed by atoms with van der Waals surface area (Å²) < 4.78 is 5.14. The van der Waals surface area contributed by atoms with Crippen LogP contribution in [0.2, 0.25) is 5.02 Å². The number of benzene rings is 2. The lowest BCUT2D eigenvalue weighted by Crippen LogP contribution is -2.32. The smallest absolute Gasteiger partial charge is 0.329 e. The third-order valence-corrected chi connectivity index (χ3v) is 3.31. The van der Waals surface area contributed by atoms with E-state index in [-0.39, 0.29) is 0 Å². The predicted octanol–water partition coefficient (Wildman–Crippen LogP) is 2.75. The highest BCUT2D eigenvalue weighted by molar-refractivity contribution is 6.39. The molecule has 0 heterocycles. The molecule has 0 spiro atoms. The molecule has 0 aromatic heterocycles. The minimum absolute atomic E-state index is 0.416. The number of rotatable bonds is 4. The Kier molecular flexibility index (Phi) is 5.92. The number of amides is 2. The Bertz CT molecular complexity index is 773. The standard InChI is InChI=1S/C17H16ClN3O3/c1-11-3-8-15(24-2)14(9-11)20-16(22)17(23)21-19-10-12-4-6-13(18)7-5-12/h3-10H,1-2H3,(H,20,22)(H,21,23)/b19-10-. The van der Waals surface area contributed by atoms with Crippen molar-refractivity contribution in [3.63, 3.8) is 0 Å². The Morgan fingerprint density at radius 1 is 1.12 bits per heavy atom. The van der Waals surface area contributed by atoms with Crippen molar-refractivity contribution in [1.29, 1.82) is 0 Å². The maximum atomic E-state index is 11.9. The first-order chi connectivity index (χ1) is 11.5. The number of ether oxygens (including phenoxy) is 1. The molecule has 0 bridgehead atoms. The van der Waals surface area contributed by atoms with Gasteiger partial charge >= 0.3 is 11.8 Å². The van der Waals surface area contributed by atoms with Crippen molar-refractivity contribution in [2.45, 2.75) is 6.92 Å². The summed E-state index contributed by atoms with van der Waals surface area (Å²) in [4.78, 5) is 23.7. The number of hydrogen-bond donors (Lipinski definition) is 2. The molecule has 0 unspecified atom stereocenters. The van der Waals surface area contributed by atoms with Crippen LogP contribution in [-0.4, -0.2) is 25.1 Å². The minimum Gasteiger partial charge on any atom is -0.495 e. The largest absolute Gasteiger partial charge is 0.495 e. The van der Waals surface area contributed by atoms with Gasteiger partial charge in [0.2, 0.25) is 0 Å². The maximum Gasteiger partial charge on any atom is 0.329 e. The van der Waals surface area contributed by atoms with Gasteiger partial charge in [0.1, 0.15) is 5.75 Å². The molecular formula is C17H16ClN3O3. The second kappa shape index (κ2) is 8.12. The monoisotopic (exact) mass is 345 g/mol. The average Bonchev–Trinajstić information content (AvgIpc) is 2.56. The van der Waals surface area contributed by atoms with Gasteiger partial charge in [-0.2, -0.15) is 5.10 Å². The van der Waals surface area contributed by atoms with Crippen LogP contribution in [0.25, 0.3) is 0 Å². The Morgan fingerprint density at radius 2 is 1.83 bits per heavy atom. The molecule has 0 aliphatic heterocycles. The summed E-state index contributed by atoms with van der Waals surface area (Å²) in [6.45, 7) is 1.87. The van der Waals surface area contributed by atoms with Gasteiger partial charge < -0.3 is 10.1 Å². The molecule has 7 heteroatoms. The fourth-order valence-electron chi connectivity index (χ4n) is 1.86. The Hall–Kier alpha value is -2.86. The zero-order valence-corrected chi connectivity index (χ0v) is 13.9. The van der Waals surface area contributed by atoms with Crippen molar-refractivity contribution in [1.82, 2.24) is 5.43 Å². The zero-order chi connectivity index (χ0) is 17.5. The summed E-state index contributed by atoms with van der Waals surface area (Å²) in [7, 11) is 1.48.